The standard InChI is InChI=1S/C44H47FN8O11/c1-3-13-44(61)29-15-33-39-27(18-53(33)40(57)28(29)20-63-41(44)58)38-31(12-11-26-23(2)30(45)16-32(52-39)37(26)38)51-36(56)21-62-22-49-35(55)17-48-43(60)64-19-24-7-9-25(10-8-24)50-34(54)6-4-5-14-47-42(46)59/h3,7-10,13,15-16,31,61H,4-6,11-12,14,17-22H2,1-2H3,(H,48,60)(H,49,55)(H,50,54)(H,51,56)(H3,46,47,59)/b13-3+/t31-,44-/m0/s1. The molecule has 0 saturated carbocycles. The van der Waals surface area contributed by atoms with Gasteiger partial charge >= 0.3 is 18.1 Å². The number of aliphatic hydroxyl groups is 1. The first-order chi connectivity index (χ1) is 30.7. The van der Waals surface area contributed by atoms with Crippen LogP contribution in [0.25, 0.3) is 22.3 Å². The quantitative estimate of drug-likeness (QED) is 0.0326. The zero-order valence-corrected chi connectivity index (χ0v) is 35.1. The number of halogens is 1. The number of aryl methyl sites for hydroxylation is 1. The number of pyridine rings is 2. The van der Waals surface area contributed by atoms with Crippen molar-refractivity contribution in [3.8, 4) is 11.4 Å². The maximum absolute atomic E-state index is 15.3. The van der Waals surface area contributed by atoms with E-state index in [9.17, 15) is 38.7 Å². The molecule has 4 heterocycles. The van der Waals surface area contributed by atoms with Gasteiger partial charge in [0, 0.05) is 41.2 Å². The first kappa shape index (κ1) is 44.9. The second-order valence-corrected chi connectivity index (χ2v) is 15.5. The van der Waals surface area contributed by atoms with Crippen LogP contribution in [0.1, 0.15) is 77.6 Å². The van der Waals surface area contributed by atoms with Gasteiger partial charge in [-0.05, 0) is 86.1 Å². The van der Waals surface area contributed by atoms with Gasteiger partial charge in [-0.15, -0.1) is 0 Å². The largest absolute Gasteiger partial charge is 0.458 e. The number of amides is 6. The van der Waals surface area contributed by atoms with Crippen molar-refractivity contribution in [1.29, 1.82) is 0 Å². The van der Waals surface area contributed by atoms with Crippen LogP contribution in [-0.4, -0.2) is 76.9 Å². The average molecular weight is 883 g/mol. The summed E-state index contributed by atoms with van der Waals surface area (Å²) in [5, 5.41) is 25.1. The van der Waals surface area contributed by atoms with Crippen molar-refractivity contribution in [2.45, 2.75) is 77.4 Å². The third kappa shape index (κ3) is 9.42. The molecule has 2 atom stereocenters. The second-order valence-electron chi connectivity index (χ2n) is 15.5. The van der Waals surface area contributed by atoms with E-state index < -0.39 is 66.1 Å². The number of carbonyl (C=O) groups excluding carboxylic acids is 6. The highest BCUT2D eigenvalue weighted by Crippen LogP contribution is 2.45. The predicted molar refractivity (Wildman–Crippen MR) is 227 cm³/mol. The lowest BCUT2D eigenvalue weighted by molar-refractivity contribution is -0.166. The number of rotatable bonds is 16. The van der Waals surface area contributed by atoms with Gasteiger partial charge in [-0.3, -0.25) is 19.2 Å². The first-order valence-corrected chi connectivity index (χ1v) is 20.6. The lowest BCUT2D eigenvalue weighted by atomic mass is 9.81. The Balaban J connectivity index is 0.909. The Morgan fingerprint density at radius 2 is 1.81 bits per heavy atom. The molecule has 2 aliphatic heterocycles. The smallest absolute Gasteiger partial charge is 0.407 e. The lowest BCUT2D eigenvalue weighted by Gasteiger charge is -2.30. The summed E-state index contributed by atoms with van der Waals surface area (Å²) in [6.45, 7) is 2.09. The topological polar surface area (TPSA) is 271 Å². The Hall–Kier alpha value is -7.19. The number of anilines is 1. The fourth-order valence-electron chi connectivity index (χ4n) is 8.18. The summed E-state index contributed by atoms with van der Waals surface area (Å²) in [5.41, 5.74) is 7.20. The number of carbonyl (C=O) groups is 6. The normalized spacial score (nSPS) is 16.9. The maximum atomic E-state index is 15.3. The van der Waals surface area contributed by atoms with Gasteiger partial charge in [0.05, 0.1) is 35.1 Å². The number of cyclic esters (lactones) is 1. The van der Waals surface area contributed by atoms with Gasteiger partial charge < -0.3 is 56.2 Å². The molecule has 0 saturated heterocycles. The molecule has 0 spiro atoms. The Bertz CT molecular complexity index is 2650. The number of esters is 1. The number of benzene rings is 2. The van der Waals surface area contributed by atoms with Gasteiger partial charge in [0.1, 0.15) is 38.9 Å². The van der Waals surface area contributed by atoms with Gasteiger partial charge in [0.25, 0.3) is 5.56 Å². The molecule has 6 amide bonds. The molecule has 19 nitrogen and oxygen atoms in total. The zero-order chi connectivity index (χ0) is 45.7. The van der Waals surface area contributed by atoms with Crippen LogP contribution in [0.3, 0.4) is 0 Å². The summed E-state index contributed by atoms with van der Waals surface area (Å²) in [4.78, 5) is 92.3. The van der Waals surface area contributed by atoms with E-state index in [4.69, 9.17) is 24.9 Å². The molecule has 0 bridgehead atoms. The van der Waals surface area contributed by atoms with Crippen molar-refractivity contribution < 1.29 is 52.5 Å². The highest BCUT2D eigenvalue weighted by atomic mass is 19.1. The van der Waals surface area contributed by atoms with Crippen LogP contribution in [0.4, 0.5) is 19.7 Å². The van der Waals surface area contributed by atoms with Gasteiger partial charge in [-0.1, -0.05) is 18.2 Å². The highest BCUT2D eigenvalue weighted by Gasteiger charge is 2.45. The molecule has 0 radical (unpaired) electrons. The summed E-state index contributed by atoms with van der Waals surface area (Å²) in [6, 6.07) is 8.30. The van der Waals surface area contributed by atoms with Crippen molar-refractivity contribution in [2.24, 2.45) is 5.73 Å². The average Bonchev–Trinajstić information content (AvgIpc) is 3.63. The molecule has 3 aliphatic rings. The maximum Gasteiger partial charge on any atom is 0.407 e. The SMILES string of the molecule is C/C=C/[C@@]1(O)C(=O)OCc2c1cc1n(c2=O)Cc2c-1nc1cc(F)c(C)c3c1c2[C@@H](NC(=O)COCNC(=O)CNC(=O)OCc1ccc(NC(=O)CCCCNC(N)=O)cc1)CC3. The predicted octanol–water partition coefficient (Wildman–Crippen LogP) is 2.59. The van der Waals surface area contributed by atoms with Crippen LogP contribution in [0.15, 0.2) is 53.3 Å². The van der Waals surface area contributed by atoms with Crippen LogP contribution in [0, 0.1) is 12.7 Å². The van der Waals surface area contributed by atoms with Crippen molar-refractivity contribution in [2.75, 3.05) is 31.7 Å². The van der Waals surface area contributed by atoms with Gasteiger partial charge in [0.2, 0.25) is 23.3 Å². The van der Waals surface area contributed by atoms with Crippen LogP contribution < -0.4 is 37.9 Å². The number of hydrogen-bond donors (Lipinski definition) is 7. The molecule has 1 aliphatic carbocycles. The number of allylic oxidation sites excluding steroid dienone is 1. The van der Waals surface area contributed by atoms with Gasteiger partial charge in [-0.25, -0.2) is 23.8 Å². The number of fused-ring (bicyclic) bond motifs is 5. The Labute approximate surface area is 364 Å². The molecule has 2 aromatic heterocycles. The minimum atomic E-state index is -2.20. The van der Waals surface area contributed by atoms with E-state index in [1.165, 1.54) is 22.8 Å². The highest BCUT2D eigenvalue weighted by molar-refractivity contribution is 5.94. The van der Waals surface area contributed by atoms with Crippen LogP contribution in [-0.2, 0) is 65.2 Å². The summed E-state index contributed by atoms with van der Waals surface area (Å²) in [6.07, 6.45) is 4.14. The molecule has 7 rings (SSSR count). The molecule has 8 N–H and O–H groups in total. The van der Waals surface area contributed by atoms with E-state index >= 15 is 4.39 Å². The molecule has 0 fully saturated rings. The van der Waals surface area contributed by atoms with Crippen molar-refractivity contribution in [3.63, 3.8) is 0 Å². The minimum Gasteiger partial charge on any atom is -0.458 e. The van der Waals surface area contributed by atoms with Gasteiger partial charge in [0.15, 0.2) is 0 Å². The van der Waals surface area contributed by atoms with E-state index in [0.717, 1.165) is 5.56 Å². The number of nitrogens with one attached hydrogen (secondary N) is 5. The number of primary amides is 1. The van der Waals surface area contributed by atoms with Crippen molar-refractivity contribution >= 4 is 52.4 Å². The Morgan fingerprint density at radius 1 is 1.03 bits per heavy atom. The lowest BCUT2D eigenvalue weighted by Crippen LogP contribution is -2.43. The third-order valence-electron chi connectivity index (χ3n) is 11.3. The monoisotopic (exact) mass is 882 g/mol. The fraction of sp³-hybridized carbons (Fsp3) is 0.364. The molecule has 20 heteroatoms. The number of alkyl carbamates (subject to hydrolysis) is 1. The van der Waals surface area contributed by atoms with E-state index in [1.807, 2.05) is 0 Å². The zero-order valence-electron chi connectivity index (χ0n) is 35.1. The fourth-order valence-corrected chi connectivity index (χ4v) is 8.18. The molecule has 336 valence electrons. The van der Waals surface area contributed by atoms with Crippen LogP contribution >= 0.6 is 0 Å². The van der Waals surface area contributed by atoms with Crippen LogP contribution in [0.2, 0.25) is 0 Å². The Morgan fingerprint density at radius 3 is 2.56 bits per heavy atom. The molecular formula is C44H47FN8O11. The molecule has 2 aromatic carbocycles. The number of aromatic nitrogens is 2. The number of nitrogens with two attached hydrogens (primary N) is 1. The molecule has 0 unspecified atom stereocenters. The summed E-state index contributed by atoms with van der Waals surface area (Å²) in [5.74, 6) is -2.70. The van der Waals surface area contributed by atoms with E-state index in [1.54, 1.807) is 44.2 Å². The van der Waals surface area contributed by atoms with E-state index in [0.29, 0.717) is 82.5 Å². The van der Waals surface area contributed by atoms with Crippen molar-refractivity contribution in [3.05, 3.63) is 104 Å². The summed E-state index contributed by atoms with van der Waals surface area (Å²) < 4.78 is 32.5. The number of ether oxygens (including phenoxy) is 3. The number of urea groups is 1. The number of nitrogens with zero attached hydrogens (tertiary/aromatic N) is 2. The van der Waals surface area contributed by atoms with Gasteiger partial charge in [-0.2, -0.15) is 0 Å². The summed E-state index contributed by atoms with van der Waals surface area (Å²) >= 11 is 0. The van der Waals surface area contributed by atoms with Crippen LogP contribution in [0.5, 0.6) is 0 Å². The first-order valence-electron chi connectivity index (χ1n) is 20.6. The minimum absolute atomic E-state index is 0.0637. The molecule has 4 aromatic rings. The third-order valence-corrected chi connectivity index (χ3v) is 11.3. The number of unbranched alkanes of at least 4 members (excludes halogenated alkanes) is 1. The molecular weight excluding hydrogens is 836 g/mol. The Kier molecular flexibility index (Phi) is 13.4. The van der Waals surface area contributed by atoms with E-state index in [2.05, 4.69) is 26.6 Å². The van der Waals surface area contributed by atoms with Crippen molar-refractivity contribution in [1.82, 2.24) is 30.8 Å². The molecule has 64 heavy (non-hydrogen) atoms. The number of hydrogen-bond acceptors (Lipinski definition) is 12. The van der Waals surface area contributed by atoms with E-state index in [-0.39, 0.29) is 49.9 Å². The second kappa shape index (κ2) is 19.1. The summed E-state index contributed by atoms with van der Waals surface area (Å²) in [7, 11) is 0.